The van der Waals surface area contributed by atoms with Gasteiger partial charge in [0.05, 0.1) is 6.33 Å². The van der Waals surface area contributed by atoms with Crippen molar-refractivity contribution in [1.82, 2.24) is 9.55 Å². The molecule has 0 radical (unpaired) electrons. The Morgan fingerprint density at radius 1 is 1.64 bits per heavy atom. The number of rotatable bonds is 1. The molecule has 4 heteroatoms. The fourth-order valence-corrected chi connectivity index (χ4v) is 1.06. The summed E-state index contributed by atoms with van der Waals surface area (Å²) >= 11 is 3.12. The number of halogens is 1. The van der Waals surface area contributed by atoms with Crippen molar-refractivity contribution in [2.45, 2.75) is 19.9 Å². The highest BCUT2D eigenvalue weighted by Gasteiger charge is 1.99. The van der Waals surface area contributed by atoms with Crippen LogP contribution in [0.4, 0.5) is 0 Å². The maximum Gasteiger partial charge on any atom is 0.254 e. The Labute approximate surface area is 73.2 Å². The van der Waals surface area contributed by atoms with Gasteiger partial charge < -0.3 is 0 Å². The molecule has 0 unspecified atom stereocenters. The largest absolute Gasteiger partial charge is 0.297 e. The lowest BCUT2D eigenvalue weighted by atomic mass is 10.4. The van der Waals surface area contributed by atoms with Gasteiger partial charge in [0.15, 0.2) is 0 Å². The first kappa shape index (κ1) is 8.46. The van der Waals surface area contributed by atoms with Gasteiger partial charge in [0, 0.05) is 12.1 Å². The van der Waals surface area contributed by atoms with Gasteiger partial charge in [-0.25, -0.2) is 4.98 Å². The first-order valence-corrected chi connectivity index (χ1v) is 4.14. The molecule has 0 N–H and O–H groups in total. The van der Waals surface area contributed by atoms with E-state index in [0.29, 0.717) is 4.60 Å². The zero-order valence-electron chi connectivity index (χ0n) is 6.41. The zero-order valence-corrected chi connectivity index (χ0v) is 8.00. The van der Waals surface area contributed by atoms with Crippen molar-refractivity contribution in [2.75, 3.05) is 0 Å². The summed E-state index contributed by atoms with van der Waals surface area (Å²) in [4.78, 5) is 15.1. The predicted octanol–water partition coefficient (Wildman–Crippen LogP) is 1.59. The van der Waals surface area contributed by atoms with Gasteiger partial charge in [-0.3, -0.25) is 9.36 Å². The molecule has 3 nitrogen and oxygen atoms in total. The van der Waals surface area contributed by atoms with Crippen molar-refractivity contribution in [3.8, 4) is 0 Å². The van der Waals surface area contributed by atoms with E-state index in [-0.39, 0.29) is 11.6 Å². The fourth-order valence-electron chi connectivity index (χ4n) is 0.776. The highest BCUT2D eigenvalue weighted by molar-refractivity contribution is 9.10. The summed E-state index contributed by atoms with van der Waals surface area (Å²) in [6, 6.07) is 1.63. The van der Waals surface area contributed by atoms with Crippen LogP contribution in [0.3, 0.4) is 0 Å². The highest BCUT2D eigenvalue weighted by atomic mass is 79.9. The van der Waals surface area contributed by atoms with Crippen LogP contribution in [0.5, 0.6) is 0 Å². The first-order valence-electron chi connectivity index (χ1n) is 3.35. The van der Waals surface area contributed by atoms with Crippen LogP contribution in [0.2, 0.25) is 0 Å². The van der Waals surface area contributed by atoms with Crippen molar-refractivity contribution >= 4 is 15.9 Å². The van der Waals surface area contributed by atoms with Crippen LogP contribution < -0.4 is 5.56 Å². The molecule has 0 atom stereocenters. The second-order valence-corrected chi connectivity index (χ2v) is 3.36. The first-order chi connectivity index (χ1) is 5.11. The number of nitrogens with zero attached hydrogens (tertiary/aromatic N) is 2. The van der Waals surface area contributed by atoms with Gasteiger partial charge in [-0.15, -0.1) is 0 Å². The predicted molar refractivity (Wildman–Crippen MR) is 46.6 cm³/mol. The molecule has 0 fully saturated rings. The molecular formula is C7H9BrN2O. The monoisotopic (exact) mass is 216 g/mol. The Kier molecular flexibility index (Phi) is 2.44. The Balaban J connectivity index is 3.21. The average Bonchev–Trinajstić information content (AvgIpc) is 1.85. The van der Waals surface area contributed by atoms with E-state index in [9.17, 15) is 4.79 Å². The molecule has 1 aromatic heterocycles. The third-order valence-corrected chi connectivity index (χ3v) is 1.79. The van der Waals surface area contributed by atoms with Crippen molar-refractivity contribution in [2.24, 2.45) is 0 Å². The summed E-state index contributed by atoms with van der Waals surface area (Å²) in [6.07, 6.45) is 1.54. The van der Waals surface area contributed by atoms with Crippen LogP contribution in [0.1, 0.15) is 19.9 Å². The van der Waals surface area contributed by atoms with Crippen molar-refractivity contribution in [3.05, 3.63) is 27.4 Å². The molecule has 0 saturated heterocycles. The average molecular weight is 217 g/mol. The molecule has 1 heterocycles. The van der Waals surface area contributed by atoms with Crippen LogP contribution in [-0.2, 0) is 0 Å². The minimum Gasteiger partial charge on any atom is -0.297 e. The highest BCUT2D eigenvalue weighted by Crippen LogP contribution is 2.02. The van der Waals surface area contributed by atoms with Gasteiger partial charge in [0.2, 0.25) is 0 Å². The van der Waals surface area contributed by atoms with Gasteiger partial charge in [-0.05, 0) is 29.8 Å². The van der Waals surface area contributed by atoms with Gasteiger partial charge in [-0.2, -0.15) is 0 Å². The summed E-state index contributed by atoms with van der Waals surface area (Å²) in [5, 5.41) is 0. The van der Waals surface area contributed by atoms with Crippen LogP contribution in [0.25, 0.3) is 0 Å². The molecule has 0 amide bonds. The Morgan fingerprint density at radius 2 is 2.27 bits per heavy atom. The van der Waals surface area contributed by atoms with Gasteiger partial charge in [0.1, 0.15) is 4.60 Å². The van der Waals surface area contributed by atoms with E-state index in [1.807, 2.05) is 13.8 Å². The number of aromatic nitrogens is 2. The van der Waals surface area contributed by atoms with Gasteiger partial charge in [-0.1, -0.05) is 0 Å². The fraction of sp³-hybridized carbons (Fsp3) is 0.429. The summed E-state index contributed by atoms with van der Waals surface area (Å²) in [7, 11) is 0. The SMILES string of the molecule is CC(C)n1cnc(Br)cc1=O. The maximum atomic E-state index is 11.2. The van der Waals surface area contributed by atoms with E-state index in [1.54, 1.807) is 4.57 Å². The lowest BCUT2D eigenvalue weighted by molar-refractivity contribution is 0.566. The van der Waals surface area contributed by atoms with Gasteiger partial charge in [0.25, 0.3) is 5.56 Å². The lowest BCUT2D eigenvalue weighted by Gasteiger charge is -2.07. The van der Waals surface area contributed by atoms with E-state index in [4.69, 9.17) is 0 Å². The number of hydrogen-bond acceptors (Lipinski definition) is 2. The van der Waals surface area contributed by atoms with Crippen LogP contribution >= 0.6 is 15.9 Å². The third-order valence-electron chi connectivity index (χ3n) is 1.36. The topological polar surface area (TPSA) is 34.9 Å². The Bertz CT molecular complexity index is 306. The molecule has 0 aromatic carbocycles. The number of hydrogen-bond donors (Lipinski definition) is 0. The molecule has 1 rings (SSSR count). The molecule has 0 saturated carbocycles. The second kappa shape index (κ2) is 3.17. The van der Waals surface area contributed by atoms with Gasteiger partial charge >= 0.3 is 0 Å². The second-order valence-electron chi connectivity index (χ2n) is 2.55. The van der Waals surface area contributed by atoms with Crippen LogP contribution in [0, 0.1) is 0 Å². The summed E-state index contributed by atoms with van der Waals surface area (Å²) < 4.78 is 2.16. The van der Waals surface area contributed by atoms with Crippen molar-refractivity contribution in [3.63, 3.8) is 0 Å². The minimum atomic E-state index is -0.0260. The van der Waals surface area contributed by atoms with Crippen LogP contribution in [-0.4, -0.2) is 9.55 Å². The molecular weight excluding hydrogens is 208 g/mol. The van der Waals surface area contributed by atoms with E-state index in [1.165, 1.54) is 12.4 Å². The molecule has 0 bridgehead atoms. The Hall–Kier alpha value is -0.640. The summed E-state index contributed by atoms with van der Waals surface area (Å²) in [5.74, 6) is 0. The zero-order chi connectivity index (χ0) is 8.43. The third kappa shape index (κ3) is 1.89. The molecule has 0 aliphatic rings. The Morgan fingerprint density at radius 3 is 2.73 bits per heavy atom. The summed E-state index contributed by atoms with van der Waals surface area (Å²) in [6.45, 7) is 3.88. The normalized spacial score (nSPS) is 10.5. The van der Waals surface area contributed by atoms with E-state index in [2.05, 4.69) is 20.9 Å². The molecule has 11 heavy (non-hydrogen) atoms. The molecule has 0 aliphatic carbocycles. The standard InChI is InChI=1S/C7H9BrN2O/c1-5(2)10-4-9-6(8)3-7(10)11/h3-5H,1-2H3. The lowest BCUT2D eigenvalue weighted by Crippen LogP contribution is -2.20. The molecule has 0 spiro atoms. The minimum absolute atomic E-state index is 0.0260. The van der Waals surface area contributed by atoms with Crippen LogP contribution in [0.15, 0.2) is 21.8 Å². The van der Waals surface area contributed by atoms with E-state index >= 15 is 0 Å². The smallest absolute Gasteiger partial charge is 0.254 e. The van der Waals surface area contributed by atoms with Crippen molar-refractivity contribution < 1.29 is 0 Å². The van der Waals surface area contributed by atoms with Crippen molar-refractivity contribution in [1.29, 1.82) is 0 Å². The molecule has 60 valence electrons. The molecule has 0 aliphatic heterocycles. The quantitative estimate of drug-likeness (QED) is 0.669. The van der Waals surface area contributed by atoms with E-state index < -0.39 is 0 Å². The summed E-state index contributed by atoms with van der Waals surface area (Å²) in [5.41, 5.74) is -0.0260. The molecule has 1 aromatic rings. The van der Waals surface area contributed by atoms with E-state index in [0.717, 1.165) is 0 Å². The maximum absolute atomic E-state index is 11.2.